The highest BCUT2D eigenvalue weighted by Gasteiger charge is 2.37. The molecule has 3 fully saturated rings. The van der Waals surface area contributed by atoms with Crippen molar-refractivity contribution in [3.8, 4) is 0 Å². The topological polar surface area (TPSA) is 37.2 Å². The predicted molar refractivity (Wildman–Crippen MR) is 99.2 cm³/mol. The molecule has 25 heavy (non-hydrogen) atoms. The van der Waals surface area contributed by atoms with Crippen LogP contribution in [-0.4, -0.2) is 56.8 Å². The molecule has 1 atom stereocenters. The van der Waals surface area contributed by atoms with Crippen LogP contribution in [0.3, 0.4) is 0 Å². The van der Waals surface area contributed by atoms with Gasteiger partial charge in [-0.2, -0.15) is 5.10 Å². The Balaban J connectivity index is 1.41. The third-order valence-corrected chi connectivity index (χ3v) is 5.79. The molecule has 2 aromatic rings. The fourth-order valence-electron chi connectivity index (χ4n) is 4.46. The Labute approximate surface area is 150 Å². The molecule has 134 valence electrons. The van der Waals surface area contributed by atoms with E-state index in [1.165, 1.54) is 43.6 Å². The number of rotatable bonds is 7. The van der Waals surface area contributed by atoms with Crippen LogP contribution in [0.5, 0.6) is 0 Å². The molecule has 0 aliphatic carbocycles. The molecule has 3 aliphatic rings. The lowest BCUT2D eigenvalue weighted by Gasteiger charge is -2.49. The molecule has 5 rings (SSSR count). The van der Waals surface area contributed by atoms with Gasteiger partial charge in [-0.3, -0.25) is 14.6 Å². The summed E-state index contributed by atoms with van der Waals surface area (Å²) in [5.74, 6) is 0.869. The van der Waals surface area contributed by atoms with Gasteiger partial charge in [0.2, 0.25) is 0 Å². The van der Waals surface area contributed by atoms with Crippen LogP contribution in [0.25, 0.3) is 0 Å². The van der Waals surface area contributed by atoms with E-state index in [9.17, 15) is 0 Å². The Morgan fingerprint density at radius 2 is 2.12 bits per heavy atom. The molecular formula is C20H29N5. The summed E-state index contributed by atoms with van der Waals surface area (Å²) in [5, 5.41) is 4.43. The number of fused-ring (bicyclic) bond motifs is 3. The lowest BCUT2D eigenvalue weighted by molar-refractivity contribution is 0.000327. The van der Waals surface area contributed by atoms with E-state index in [0.29, 0.717) is 6.04 Å². The SMILES string of the molecule is Cc1cnn(CCCN(Cc2cccnc2)C2CN3CCC2CC3)c1. The average molecular weight is 339 g/mol. The van der Waals surface area contributed by atoms with Gasteiger partial charge >= 0.3 is 0 Å². The van der Waals surface area contributed by atoms with Crippen molar-refractivity contribution in [1.29, 1.82) is 0 Å². The van der Waals surface area contributed by atoms with E-state index in [4.69, 9.17) is 0 Å². The van der Waals surface area contributed by atoms with Gasteiger partial charge in [0.25, 0.3) is 0 Å². The number of aryl methyl sites for hydroxylation is 2. The van der Waals surface area contributed by atoms with Crippen molar-refractivity contribution >= 4 is 0 Å². The van der Waals surface area contributed by atoms with Crippen molar-refractivity contribution in [3.63, 3.8) is 0 Å². The van der Waals surface area contributed by atoms with Crippen LogP contribution in [0.15, 0.2) is 36.9 Å². The Kier molecular flexibility index (Phi) is 5.13. The zero-order valence-electron chi connectivity index (χ0n) is 15.2. The molecule has 0 aromatic carbocycles. The van der Waals surface area contributed by atoms with Gasteiger partial charge in [-0.05, 0) is 62.4 Å². The minimum Gasteiger partial charge on any atom is -0.302 e. The highest BCUT2D eigenvalue weighted by molar-refractivity contribution is 5.09. The van der Waals surface area contributed by atoms with E-state index < -0.39 is 0 Å². The molecule has 3 saturated heterocycles. The number of piperidine rings is 3. The van der Waals surface area contributed by atoms with Crippen molar-refractivity contribution in [2.24, 2.45) is 5.92 Å². The molecule has 2 aromatic heterocycles. The standard InChI is InChI=1S/C20H29N5/c1-17-12-22-25(14-17)9-3-8-24(15-18-4-2-7-21-13-18)20-16-23-10-5-19(20)6-11-23/h2,4,7,12-14,19-20H,3,5-6,8-11,15-16H2,1H3. The fraction of sp³-hybridized carbons (Fsp3) is 0.600. The predicted octanol–water partition coefficient (Wildman–Crippen LogP) is 2.57. The second kappa shape index (κ2) is 7.67. The smallest absolute Gasteiger partial charge is 0.0518 e. The van der Waals surface area contributed by atoms with E-state index in [0.717, 1.165) is 32.0 Å². The van der Waals surface area contributed by atoms with Crippen LogP contribution in [0, 0.1) is 12.8 Å². The van der Waals surface area contributed by atoms with E-state index in [2.05, 4.69) is 49.8 Å². The molecule has 5 nitrogen and oxygen atoms in total. The largest absolute Gasteiger partial charge is 0.302 e. The van der Waals surface area contributed by atoms with Gasteiger partial charge in [-0.15, -0.1) is 0 Å². The Morgan fingerprint density at radius 3 is 2.76 bits per heavy atom. The maximum atomic E-state index is 4.43. The third-order valence-electron chi connectivity index (χ3n) is 5.79. The summed E-state index contributed by atoms with van der Waals surface area (Å²) < 4.78 is 2.08. The van der Waals surface area contributed by atoms with Crippen LogP contribution < -0.4 is 0 Å². The lowest BCUT2D eigenvalue weighted by Crippen LogP contribution is -2.57. The van der Waals surface area contributed by atoms with Crippen molar-refractivity contribution < 1.29 is 0 Å². The molecular weight excluding hydrogens is 310 g/mol. The summed E-state index contributed by atoms with van der Waals surface area (Å²) in [6, 6.07) is 4.96. The van der Waals surface area contributed by atoms with Gasteiger partial charge in [-0.25, -0.2) is 0 Å². The van der Waals surface area contributed by atoms with Crippen molar-refractivity contribution in [2.45, 2.75) is 45.3 Å². The minimum atomic E-state index is 0.696. The van der Waals surface area contributed by atoms with Crippen LogP contribution in [0.2, 0.25) is 0 Å². The van der Waals surface area contributed by atoms with Crippen LogP contribution in [0.1, 0.15) is 30.4 Å². The number of nitrogens with zero attached hydrogens (tertiary/aromatic N) is 5. The second-order valence-electron chi connectivity index (χ2n) is 7.67. The molecule has 3 aliphatic heterocycles. The Morgan fingerprint density at radius 1 is 1.24 bits per heavy atom. The summed E-state index contributed by atoms with van der Waals surface area (Å²) >= 11 is 0. The maximum absolute atomic E-state index is 4.43. The molecule has 0 N–H and O–H groups in total. The highest BCUT2D eigenvalue weighted by Crippen LogP contribution is 2.31. The van der Waals surface area contributed by atoms with Crippen LogP contribution in [0.4, 0.5) is 0 Å². The fourth-order valence-corrected chi connectivity index (χ4v) is 4.46. The average Bonchev–Trinajstić information content (AvgIpc) is 3.08. The van der Waals surface area contributed by atoms with Crippen molar-refractivity contribution in [1.82, 2.24) is 24.6 Å². The number of pyridine rings is 1. The van der Waals surface area contributed by atoms with E-state index in [1.807, 2.05) is 18.6 Å². The first-order valence-electron chi connectivity index (χ1n) is 9.62. The van der Waals surface area contributed by atoms with Crippen molar-refractivity contribution in [2.75, 3.05) is 26.2 Å². The van der Waals surface area contributed by atoms with Gasteiger partial charge in [0.1, 0.15) is 0 Å². The molecule has 5 heterocycles. The quantitative estimate of drug-likeness (QED) is 0.777. The van der Waals surface area contributed by atoms with E-state index in [-0.39, 0.29) is 0 Å². The first-order valence-corrected chi connectivity index (χ1v) is 9.62. The monoisotopic (exact) mass is 339 g/mol. The minimum absolute atomic E-state index is 0.696. The zero-order chi connectivity index (χ0) is 17.1. The third kappa shape index (κ3) is 4.10. The summed E-state index contributed by atoms with van der Waals surface area (Å²) in [5.41, 5.74) is 2.57. The number of hydrogen-bond acceptors (Lipinski definition) is 4. The first-order chi connectivity index (χ1) is 12.3. The molecule has 0 spiro atoms. The molecule has 5 heteroatoms. The molecule has 0 saturated carbocycles. The normalized spacial score (nSPS) is 25.6. The molecule has 2 bridgehead atoms. The van der Waals surface area contributed by atoms with Gasteiger partial charge in [0.15, 0.2) is 0 Å². The summed E-state index contributed by atoms with van der Waals surface area (Å²) in [7, 11) is 0. The van der Waals surface area contributed by atoms with Crippen LogP contribution >= 0.6 is 0 Å². The summed E-state index contributed by atoms with van der Waals surface area (Å²) in [6.07, 6.45) is 11.8. The maximum Gasteiger partial charge on any atom is 0.0518 e. The molecule has 0 amide bonds. The molecule has 1 unspecified atom stereocenters. The summed E-state index contributed by atoms with van der Waals surface area (Å²) in [6.45, 7) is 9.09. The van der Waals surface area contributed by atoms with Gasteiger partial charge in [0.05, 0.1) is 6.20 Å². The molecule has 0 radical (unpaired) electrons. The number of aromatic nitrogens is 3. The van der Waals surface area contributed by atoms with Gasteiger partial charge in [-0.1, -0.05) is 6.07 Å². The second-order valence-corrected chi connectivity index (χ2v) is 7.67. The number of hydrogen-bond donors (Lipinski definition) is 0. The Bertz CT molecular complexity index is 660. The van der Waals surface area contributed by atoms with Crippen LogP contribution in [-0.2, 0) is 13.1 Å². The summed E-state index contributed by atoms with van der Waals surface area (Å²) in [4.78, 5) is 9.67. The highest BCUT2D eigenvalue weighted by atomic mass is 15.3. The zero-order valence-corrected chi connectivity index (χ0v) is 15.2. The van der Waals surface area contributed by atoms with Gasteiger partial charge < -0.3 is 4.90 Å². The lowest BCUT2D eigenvalue weighted by atomic mass is 9.83. The first kappa shape index (κ1) is 16.7. The Hall–Kier alpha value is -1.72. The van der Waals surface area contributed by atoms with Gasteiger partial charge in [0, 0.05) is 50.8 Å². The van der Waals surface area contributed by atoms with E-state index in [1.54, 1.807) is 0 Å². The van der Waals surface area contributed by atoms with E-state index >= 15 is 0 Å². The van der Waals surface area contributed by atoms with Crippen molar-refractivity contribution in [3.05, 3.63) is 48.0 Å².